The smallest absolute Gasteiger partial charge is 0.0751 e. The molecule has 0 saturated heterocycles. The topological polar surface area (TPSA) is 60.7 Å². The van der Waals surface area contributed by atoms with Crippen LogP contribution in [0, 0.1) is 29.1 Å². The molecule has 0 aromatic rings. The van der Waals surface area contributed by atoms with Gasteiger partial charge in [0, 0.05) is 6.42 Å². The van der Waals surface area contributed by atoms with Gasteiger partial charge < -0.3 is 15.3 Å². The average molecular weight is 417 g/mol. The Morgan fingerprint density at radius 3 is 2.57 bits per heavy atom. The maximum Gasteiger partial charge on any atom is 0.0751 e. The third-order valence-corrected chi connectivity index (χ3v) is 8.70. The van der Waals surface area contributed by atoms with Crippen LogP contribution in [0.5, 0.6) is 0 Å². The Kier molecular flexibility index (Phi) is 7.37. The van der Waals surface area contributed by atoms with Gasteiger partial charge in [0.15, 0.2) is 0 Å². The Morgan fingerprint density at radius 2 is 1.90 bits per heavy atom. The molecular formula is C27H44O3. The Hall–Kier alpha value is -0.900. The number of hydrogen-bond donors (Lipinski definition) is 3. The van der Waals surface area contributed by atoms with Crippen molar-refractivity contribution in [2.24, 2.45) is 29.1 Å². The van der Waals surface area contributed by atoms with E-state index in [9.17, 15) is 15.3 Å². The van der Waals surface area contributed by atoms with Gasteiger partial charge in [-0.2, -0.15) is 0 Å². The molecule has 1 fully saturated rings. The van der Waals surface area contributed by atoms with Crippen LogP contribution < -0.4 is 0 Å². The zero-order chi connectivity index (χ0) is 22.1. The highest BCUT2D eigenvalue weighted by molar-refractivity contribution is 5.34. The van der Waals surface area contributed by atoms with Crippen molar-refractivity contribution in [3.8, 4) is 0 Å². The Labute approximate surface area is 184 Å². The highest BCUT2D eigenvalue weighted by atomic mass is 16.3. The zero-order valence-electron chi connectivity index (χ0n) is 19.8. The molecular weight excluding hydrogens is 372 g/mol. The molecule has 3 aliphatic carbocycles. The van der Waals surface area contributed by atoms with Crippen LogP contribution in [0.2, 0.25) is 0 Å². The number of allylic oxidation sites excluding steroid dienone is 4. The molecule has 0 bridgehead atoms. The molecule has 0 unspecified atom stereocenters. The van der Waals surface area contributed by atoms with E-state index in [0.717, 1.165) is 24.3 Å². The van der Waals surface area contributed by atoms with E-state index in [-0.39, 0.29) is 0 Å². The molecule has 0 aromatic heterocycles. The van der Waals surface area contributed by atoms with Crippen LogP contribution in [0.25, 0.3) is 0 Å². The number of aliphatic hydroxyl groups is 3. The average Bonchev–Trinajstić information content (AvgIpc) is 3.00. The predicted molar refractivity (Wildman–Crippen MR) is 124 cm³/mol. The monoisotopic (exact) mass is 416 g/mol. The molecule has 0 aromatic carbocycles. The number of aliphatic hydroxyl groups excluding tert-OH is 2. The molecule has 170 valence electrons. The minimum Gasteiger partial charge on any atom is -0.393 e. The molecule has 3 rings (SSSR count). The zero-order valence-corrected chi connectivity index (χ0v) is 19.8. The fraction of sp³-hybridized carbons (Fsp3) is 0.778. The van der Waals surface area contributed by atoms with Gasteiger partial charge in [0.25, 0.3) is 0 Å². The molecule has 1 saturated carbocycles. The second kappa shape index (κ2) is 9.30. The van der Waals surface area contributed by atoms with Crippen LogP contribution >= 0.6 is 0 Å². The molecule has 0 spiro atoms. The van der Waals surface area contributed by atoms with E-state index in [4.69, 9.17) is 0 Å². The van der Waals surface area contributed by atoms with Crippen LogP contribution in [0.1, 0.15) is 86.0 Å². The summed E-state index contributed by atoms with van der Waals surface area (Å²) in [7, 11) is 0. The molecule has 0 radical (unpaired) electrons. The van der Waals surface area contributed by atoms with E-state index in [2.05, 4.69) is 39.0 Å². The van der Waals surface area contributed by atoms with E-state index in [1.807, 2.05) is 19.9 Å². The van der Waals surface area contributed by atoms with Gasteiger partial charge >= 0.3 is 0 Å². The summed E-state index contributed by atoms with van der Waals surface area (Å²) in [6, 6.07) is 0. The molecule has 0 heterocycles. The second-order valence-electron chi connectivity index (χ2n) is 11.3. The summed E-state index contributed by atoms with van der Waals surface area (Å²) in [6.45, 7) is 11.0. The van der Waals surface area contributed by atoms with Crippen LogP contribution in [0.15, 0.2) is 35.5 Å². The van der Waals surface area contributed by atoms with Gasteiger partial charge in [-0.05, 0) is 92.6 Å². The Bertz CT molecular complexity index is 683. The molecule has 0 aliphatic heterocycles. The van der Waals surface area contributed by atoms with E-state index in [1.165, 1.54) is 31.3 Å². The molecule has 3 heteroatoms. The molecule has 7 atom stereocenters. The summed E-state index contributed by atoms with van der Waals surface area (Å²) in [5.41, 5.74) is 2.27. The number of hydrogen-bond acceptors (Lipinski definition) is 3. The predicted octanol–water partition coefficient (Wildman–Crippen LogP) is 5.56. The Balaban J connectivity index is 1.66. The molecule has 3 aliphatic rings. The minimum atomic E-state index is -0.595. The van der Waals surface area contributed by atoms with Crippen molar-refractivity contribution in [3.05, 3.63) is 35.5 Å². The maximum absolute atomic E-state index is 10.3. The lowest BCUT2D eigenvalue weighted by Crippen LogP contribution is -2.35. The van der Waals surface area contributed by atoms with E-state index < -0.39 is 17.8 Å². The van der Waals surface area contributed by atoms with Gasteiger partial charge in [0.1, 0.15) is 0 Å². The van der Waals surface area contributed by atoms with Crippen LogP contribution in [0.3, 0.4) is 0 Å². The third kappa shape index (κ3) is 5.29. The lowest BCUT2D eigenvalue weighted by Gasteiger charge is -2.43. The van der Waals surface area contributed by atoms with E-state index >= 15 is 0 Å². The second-order valence-corrected chi connectivity index (χ2v) is 11.3. The third-order valence-electron chi connectivity index (χ3n) is 8.70. The number of fused-ring (bicyclic) bond motifs is 1. The lowest BCUT2D eigenvalue weighted by atomic mass is 9.62. The fourth-order valence-corrected chi connectivity index (χ4v) is 6.39. The maximum atomic E-state index is 10.3. The first kappa shape index (κ1) is 23.8. The van der Waals surface area contributed by atoms with Gasteiger partial charge in [-0.1, -0.05) is 51.5 Å². The van der Waals surface area contributed by atoms with Crippen molar-refractivity contribution in [2.45, 2.75) is 104 Å². The SMILES string of the molecule is C[C@H](CC[C@H](C)C(C)(C)O)[C@H]1CC[C@@H]2C(/C=C/C3=C[C@@H](O)C[C@H](O)C3)=CCC[C@@]21C. The van der Waals surface area contributed by atoms with Gasteiger partial charge in [-0.3, -0.25) is 0 Å². The first-order chi connectivity index (χ1) is 14.0. The van der Waals surface area contributed by atoms with Crippen LogP contribution in [-0.2, 0) is 0 Å². The van der Waals surface area contributed by atoms with E-state index in [0.29, 0.717) is 36.0 Å². The lowest BCUT2D eigenvalue weighted by molar-refractivity contribution is 0.0154. The fourth-order valence-electron chi connectivity index (χ4n) is 6.39. The first-order valence-electron chi connectivity index (χ1n) is 12.2. The normalized spacial score (nSPS) is 36.9. The minimum absolute atomic E-state index is 0.323. The number of rotatable bonds is 7. The summed E-state index contributed by atoms with van der Waals surface area (Å²) in [6.07, 6.45) is 16.1. The molecule has 3 nitrogen and oxygen atoms in total. The summed E-state index contributed by atoms with van der Waals surface area (Å²) < 4.78 is 0. The molecule has 3 N–H and O–H groups in total. The van der Waals surface area contributed by atoms with Crippen molar-refractivity contribution in [1.82, 2.24) is 0 Å². The summed E-state index contributed by atoms with van der Waals surface area (Å²) in [5.74, 6) is 2.36. The van der Waals surface area contributed by atoms with Crippen LogP contribution in [-0.4, -0.2) is 33.1 Å². The Morgan fingerprint density at radius 1 is 1.17 bits per heavy atom. The summed E-state index contributed by atoms with van der Waals surface area (Å²) in [5, 5.41) is 30.1. The first-order valence-corrected chi connectivity index (χ1v) is 12.2. The molecule has 0 amide bonds. The van der Waals surface area contributed by atoms with Crippen molar-refractivity contribution in [1.29, 1.82) is 0 Å². The van der Waals surface area contributed by atoms with E-state index in [1.54, 1.807) is 0 Å². The van der Waals surface area contributed by atoms with Gasteiger partial charge in [0.2, 0.25) is 0 Å². The van der Waals surface area contributed by atoms with Gasteiger partial charge in [0.05, 0.1) is 17.8 Å². The molecule has 30 heavy (non-hydrogen) atoms. The van der Waals surface area contributed by atoms with Crippen molar-refractivity contribution >= 4 is 0 Å². The van der Waals surface area contributed by atoms with Crippen molar-refractivity contribution < 1.29 is 15.3 Å². The highest BCUT2D eigenvalue weighted by Crippen LogP contribution is 2.59. The summed E-state index contributed by atoms with van der Waals surface area (Å²) >= 11 is 0. The van der Waals surface area contributed by atoms with Crippen molar-refractivity contribution in [2.75, 3.05) is 0 Å². The van der Waals surface area contributed by atoms with Crippen molar-refractivity contribution in [3.63, 3.8) is 0 Å². The highest BCUT2D eigenvalue weighted by Gasteiger charge is 2.49. The quantitative estimate of drug-likeness (QED) is 0.509. The van der Waals surface area contributed by atoms with Crippen LogP contribution in [0.4, 0.5) is 0 Å². The largest absolute Gasteiger partial charge is 0.393 e. The van der Waals surface area contributed by atoms with Gasteiger partial charge in [-0.15, -0.1) is 0 Å². The standard InChI is InChI=1S/C27H44O3/c1-18(8-9-19(2)26(3,4)30)24-12-13-25-21(7-6-14-27(24,25)5)11-10-20-15-22(28)17-23(29)16-20/h7,10-11,15,18-19,22-25,28-30H,6,8-9,12-14,16-17H2,1-5H3/b11-10+/t18-,19+,22-,23-,24-,25-,27-/m1/s1. The summed E-state index contributed by atoms with van der Waals surface area (Å²) in [4.78, 5) is 0. The van der Waals surface area contributed by atoms with Gasteiger partial charge in [-0.25, -0.2) is 0 Å².